The summed E-state index contributed by atoms with van der Waals surface area (Å²) >= 11 is 0. The van der Waals surface area contributed by atoms with E-state index < -0.39 is 6.10 Å². The molecular weight excluding hydrogens is 240 g/mol. The summed E-state index contributed by atoms with van der Waals surface area (Å²) in [5.74, 6) is 0.851. The van der Waals surface area contributed by atoms with Crippen LogP contribution in [-0.2, 0) is 13.0 Å². The number of hydrogen-bond donors (Lipinski definition) is 3. The standard InChI is InChI=1S/C15H20N2O2/c16-14(9-12-5-2-1-3-6-12)15(18)11-17-10-13-7-4-8-19-13/h1-8,14-15,17-18H,9-11,16H2/t14-,15+/m0/s1. The number of nitrogens with one attached hydrogen (secondary N) is 1. The summed E-state index contributed by atoms with van der Waals surface area (Å²) in [5.41, 5.74) is 7.13. The second-order valence-electron chi connectivity index (χ2n) is 4.63. The minimum atomic E-state index is -0.574. The Morgan fingerprint density at radius 1 is 1.16 bits per heavy atom. The molecule has 2 rings (SSSR count). The highest BCUT2D eigenvalue weighted by atomic mass is 16.3. The van der Waals surface area contributed by atoms with Gasteiger partial charge in [0.05, 0.1) is 18.9 Å². The van der Waals surface area contributed by atoms with Crippen molar-refractivity contribution >= 4 is 0 Å². The van der Waals surface area contributed by atoms with Crippen LogP contribution in [0.5, 0.6) is 0 Å². The molecule has 102 valence electrons. The molecule has 0 bridgehead atoms. The maximum absolute atomic E-state index is 9.99. The van der Waals surface area contributed by atoms with Gasteiger partial charge in [0, 0.05) is 12.6 Å². The van der Waals surface area contributed by atoms with E-state index in [-0.39, 0.29) is 6.04 Å². The summed E-state index contributed by atoms with van der Waals surface area (Å²) in [6.07, 6.45) is 1.73. The second kappa shape index (κ2) is 7.09. The molecule has 4 N–H and O–H groups in total. The smallest absolute Gasteiger partial charge is 0.117 e. The molecule has 1 aromatic heterocycles. The van der Waals surface area contributed by atoms with Crippen molar-refractivity contribution in [2.45, 2.75) is 25.1 Å². The molecule has 0 aliphatic rings. The molecular formula is C15H20N2O2. The lowest BCUT2D eigenvalue weighted by atomic mass is 10.0. The van der Waals surface area contributed by atoms with Crippen LogP contribution in [0.4, 0.5) is 0 Å². The maximum atomic E-state index is 9.99. The fourth-order valence-electron chi connectivity index (χ4n) is 1.93. The van der Waals surface area contributed by atoms with Crippen LogP contribution in [-0.4, -0.2) is 23.8 Å². The first kappa shape index (κ1) is 13.8. The van der Waals surface area contributed by atoms with Gasteiger partial charge < -0.3 is 20.6 Å². The average Bonchev–Trinajstić information content (AvgIpc) is 2.93. The highest BCUT2D eigenvalue weighted by Crippen LogP contribution is 2.04. The molecule has 0 saturated carbocycles. The Labute approximate surface area is 113 Å². The van der Waals surface area contributed by atoms with E-state index in [0.29, 0.717) is 19.5 Å². The molecule has 0 saturated heterocycles. The average molecular weight is 260 g/mol. The van der Waals surface area contributed by atoms with Gasteiger partial charge in [0.15, 0.2) is 0 Å². The molecule has 0 radical (unpaired) electrons. The van der Waals surface area contributed by atoms with Gasteiger partial charge in [0.1, 0.15) is 5.76 Å². The second-order valence-corrected chi connectivity index (χ2v) is 4.63. The zero-order valence-electron chi connectivity index (χ0n) is 10.8. The Bertz CT molecular complexity index is 456. The summed E-state index contributed by atoms with van der Waals surface area (Å²) in [6, 6.07) is 13.4. The summed E-state index contributed by atoms with van der Waals surface area (Å²) in [4.78, 5) is 0. The number of benzene rings is 1. The predicted octanol–water partition coefficient (Wildman–Crippen LogP) is 1.30. The van der Waals surface area contributed by atoms with Gasteiger partial charge in [-0.1, -0.05) is 30.3 Å². The van der Waals surface area contributed by atoms with Gasteiger partial charge in [-0.05, 0) is 24.1 Å². The Hall–Kier alpha value is -1.62. The van der Waals surface area contributed by atoms with Crippen molar-refractivity contribution in [1.29, 1.82) is 0 Å². The van der Waals surface area contributed by atoms with Gasteiger partial charge in [-0.3, -0.25) is 0 Å². The molecule has 2 aromatic rings. The van der Waals surface area contributed by atoms with Gasteiger partial charge in [0.2, 0.25) is 0 Å². The van der Waals surface area contributed by atoms with Crippen molar-refractivity contribution in [3.8, 4) is 0 Å². The Balaban J connectivity index is 1.71. The van der Waals surface area contributed by atoms with Crippen LogP contribution in [0.3, 0.4) is 0 Å². The molecule has 4 heteroatoms. The van der Waals surface area contributed by atoms with Crippen molar-refractivity contribution in [1.82, 2.24) is 5.32 Å². The summed E-state index contributed by atoms with van der Waals surface area (Å²) in [6.45, 7) is 1.05. The fourth-order valence-corrected chi connectivity index (χ4v) is 1.93. The SMILES string of the molecule is N[C@@H](Cc1ccccc1)[C@H](O)CNCc1ccco1. The number of rotatable bonds is 7. The number of nitrogens with two attached hydrogens (primary N) is 1. The highest BCUT2D eigenvalue weighted by Gasteiger charge is 2.14. The van der Waals surface area contributed by atoms with E-state index in [2.05, 4.69) is 5.32 Å². The quantitative estimate of drug-likeness (QED) is 0.701. The maximum Gasteiger partial charge on any atom is 0.117 e. The van der Waals surface area contributed by atoms with Gasteiger partial charge >= 0.3 is 0 Å². The number of furan rings is 1. The summed E-state index contributed by atoms with van der Waals surface area (Å²) < 4.78 is 5.20. The molecule has 0 aliphatic heterocycles. The fraction of sp³-hybridized carbons (Fsp3) is 0.333. The van der Waals surface area contributed by atoms with Crippen LogP contribution < -0.4 is 11.1 Å². The summed E-state index contributed by atoms with van der Waals surface area (Å²) in [7, 11) is 0. The molecule has 0 unspecified atom stereocenters. The minimum absolute atomic E-state index is 0.272. The lowest BCUT2D eigenvalue weighted by Crippen LogP contribution is -2.42. The molecule has 4 nitrogen and oxygen atoms in total. The van der Waals surface area contributed by atoms with Crippen LogP contribution in [0.2, 0.25) is 0 Å². The molecule has 0 amide bonds. The predicted molar refractivity (Wildman–Crippen MR) is 74.5 cm³/mol. The van der Waals surface area contributed by atoms with Crippen LogP contribution in [0.25, 0.3) is 0 Å². The zero-order chi connectivity index (χ0) is 13.5. The van der Waals surface area contributed by atoms with Crippen LogP contribution in [0.15, 0.2) is 53.1 Å². The Kier molecular flexibility index (Phi) is 5.15. The van der Waals surface area contributed by atoms with E-state index in [1.807, 2.05) is 42.5 Å². The van der Waals surface area contributed by atoms with Gasteiger partial charge in [-0.25, -0.2) is 0 Å². The third-order valence-electron chi connectivity index (χ3n) is 3.04. The first-order chi connectivity index (χ1) is 9.25. The Morgan fingerprint density at radius 2 is 1.95 bits per heavy atom. The Morgan fingerprint density at radius 3 is 2.63 bits per heavy atom. The number of hydrogen-bond acceptors (Lipinski definition) is 4. The van der Waals surface area contributed by atoms with E-state index in [0.717, 1.165) is 11.3 Å². The van der Waals surface area contributed by atoms with E-state index in [1.165, 1.54) is 0 Å². The van der Waals surface area contributed by atoms with E-state index in [4.69, 9.17) is 10.2 Å². The topological polar surface area (TPSA) is 71.4 Å². The minimum Gasteiger partial charge on any atom is -0.468 e. The van der Waals surface area contributed by atoms with Crippen molar-refractivity contribution in [3.05, 3.63) is 60.1 Å². The van der Waals surface area contributed by atoms with Gasteiger partial charge in [0.25, 0.3) is 0 Å². The van der Waals surface area contributed by atoms with Crippen molar-refractivity contribution < 1.29 is 9.52 Å². The summed E-state index contributed by atoms with van der Waals surface area (Å²) in [5, 5.41) is 13.1. The molecule has 0 aliphatic carbocycles. The van der Waals surface area contributed by atoms with Crippen LogP contribution in [0.1, 0.15) is 11.3 Å². The van der Waals surface area contributed by atoms with E-state index >= 15 is 0 Å². The molecule has 0 spiro atoms. The third-order valence-corrected chi connectivity index (χ3v) is 3.04. The molecule has 1 heterocycles. The van der Waals surface area contributed by atoms with E-state index in [9.17, 15) is 5.11 Å². The third kappa shape index (κ3) is 4.52. The van der Waals surface area contributed by atoms with Crippen molar-refractivity contribution in [3.63, 3.8) is 0 Å². The van der Waals surface area contributed by atoms with Crippen LogP contribution in [0, 0.1) is 0 Å². The molecule has 19 heavy (non-hydrogen) atoms. The number of aliphatic hydroxyl groups is 1. The van der Waals surface area contributed by atoms with Gasteiger partial charge in [-0.15, -0.1) is 0 Å². The number of aliphatic hydroxyl groups excluding tert-OH is 1. The highest BCUT2D eigenvalue weighted by molar-refractivity contribution is 5.16. The van der Waals surface area contributed by atoms with Crippen LogP contribution >= 0.6 is 0 Å². The lowest BCUT2D eigenvalue weighted by molar-refractivity contribution is 0.140. The molecule has 0 fully saturated rings. The monoisotopic (exact) mass is 260 g/mol. The molecule has 2 atom stereocenters. The van der Waals surface area contributed by atoms with Crippen molar-refractivity contribution in [2.24, 2.45) is 5.73 Å². The first-order valence-electron chi connectivity index (χ1n) is 6.46. The lowest BCUT2D eigenvalue weighted by Gasteiger charge is -2.19. The van der Waals surface area contributed by atoms with Crippen molar-refractivity contribution in [2.75, 3.05) is 6.54 Å². The zero-order valence-corrected chi connectivity index (χ0v) is 10.8. The largest absolute Gasteiger partial charge is 0.468 e. The van der Waals surface area contributed by atoms with E-state index in [1.54, 1.807) is 6.26 Å². The normalized spacial score (nSPS) is 14.2. The first-order valence-corrected chi connectivity index (χ1v) is 6.46. The van der Waals surface area contributed by atoms with Gasteiger partial charge in [-0.2, -0.15) is 0 Å². The molecule has 1 aromatic carbocycles.